The van der Waals surface area contributed by atoms with Gasteiger partial charge in [-0.05, 0) is 42.8 Å². The lowest BCUT2D eigenvalue weighted by atomic mass is 10.1. The summed E-state index contributed by atoms with van der Waals surface area (Å²) in [6, 6.07) is 14.5. The first-order valence-electron chi connectivity index (χ1n) is 5.86. The van der Waals surface area contributed by atoms with Gasteiger partial charge in [-0.3, -0.25) is 5.43 Å². The lowest BCUT2D eigenvalue weighted by Gasteiger charge is -2.05. The predicted molar refractivity (Wildman–Crippen MR) is 83.5 cm³/mol. The van der Waals surface area contributed by atoms with E-state index in [1.165, 1.54) is 0 Å². The summed E-state index contributed by atoms with van der Waals surface area (Å²) in [5, 5.41) is 14.0. The van der Waals surface area contributed by atoms with Crippen LogP contribution in [0.4, 0.5) is 5.69 Å². The van der Waals surface area contributed by atoms with Gasteiger partial charge in [-0.25, -0.2) is 0 Å². The van der Waals surface area contributed by atoms with Gasteiger partial charge in [-0.2, -0.15) is 10.4 Å². The molecule has 0 aromatic heterocycles. The topological polar surface area (TPSA) is 48.2 Å². The first-order valence-corrected chi connectivity index (χ1v) is 6.61. The Morgan fingerprint density at radius 1 is 1.10 bits per heavy atom. The molecule has 5 heteroatoms. The van der Waals surface area contributed by atoms with Crippen molar-refractivity contribution in [3.8, 4) is 6.07 Å². The van der Waals surface area contributed by atoms with Gasteiger partial charge < -0.3 is 0 Å². The lowest BCUT2D eigenvalue weighted by molar-refractivity contribution is 1.32. The molecule has 2 aromatic carbocycles. The zero-order valence-electron chi connectivity index (χ0n) is 10.7. The third-order valence-corrected chi connectivity index (χ3v) is 3.44. The smallest absolute Gasteiger partial charge is 0.0991 e. The van der Waals surface area contributed by atoms with Crippen LogP contribution in [-0.2, 0) is 0 Å². The molecular weight excluding hydrogens is 293 g/mol. The fraction of sp³-hybridized carbons (Fsp3) is 0.0667. The zero-order chi connectivity index (χ0) is 14.5. The van der Waals surface area contributed by atoms with Crippen LogP contribution >= 0.6 is 23.2 Å². The highest BCUT2D eigenvalue weighted by Crippen LogP contribution is 2.25. The number of rotatable bonds is 3. The SMILES string of the molecule is CC(=NNc1ccc(Cl)c(Cl)c1)c1ccc(C#N)cc1. The summed E-state index contributed by atoms with van der Waals surface area (Å²) in [5.74, 6) is 0. The van der Waals surface area contributed by atoms with E-state index in [1.54, 1.807) is 30.3 Å². The Bertz CT molecular complexity index is 685. The second-order valence-corrected chi connectivity index (χ2v) is 4.94. The third kappa shape index (κ3) is 3.51. The average Bonchev–Trinajstić information content (AvgIpc) is 2.48. The van der Waals surface area contributed by atoms with Crippen molar-refractivity contribution >= 4 is 34.6 Å². The Balaban J connectivity index is 2.13. The van der Waals surface area contributed by atoms with Gasteiger partial charge in [0.25, 0.3) is 0 Å². The van der Waals surface area contributed by atoms with Crippen LogP contribution in [0.2, 0.25) is 10.0 Å². The van der Waals surface area contributed by atoms with E-state index in [0.29, 0.717) is 15.6 Å². The maximum atomic E-state index is 8.75. The van der Waals surface area contributed by atoms with Crippen molar-refractivity contribution in [2.45, 2.75) is 6.92 Å². The summed E-state index contributed by atoms with van der Waals surface area (Å²) in [7, 11) is 0. The number of benzene rings is 2. The summed E-state index contributed by atoms with van der Waals surface area (Å²) < 4.78 is 0. The minimum atomic E-state index is 0.475. The van der Waals surface area contributed by atoms with Crippen LogP contribution in [0.15, 0.2) is 47.6 Å². The van der Waals surface area contributed by atoms with E-state index < -0.39 is 0 Å². The normalized spacial score (nSPS) is 11.0. The van der Waals surface area contributed by atoms with Crippen LogP contribution in [0, 0.1) is 11.3 Å². The molecule has 1 N–H and O–H groups in total. The molecule has 2 aromatic rings. The van der Waals surface area contributed by atoms with Crippen molar-refractivity contribution in [2.24, 2.45) is 5.10 Å². The Morgan fingerprint density at radius 2 is 1.80 bits per heavy atom. The Labute approximate surface area is 127 Å². The van der Waals surface area contributed by atoms with E-state index in [4.69, 9.17) is 28.5 Å². The first kappa shape index (κ1) is 14.4. The Morgan fingerprint density at radius 3 is 2.40 bits per heavy atom. The Kier molecular flexibility index (Phi) is 4.62. The highest BCUT2D eigenvalue weighted by atomic mass is 35.5. The summed E-state index contributed by atoms with van der Waals surface area (Å²) in [5.41, 5.74) is 6.05. The molecule has 2 rings (SSSR count). The molecule has 0 aliphatic rings. The van der Waals surface area contributed by atoms with Crippen molar-refractivity contribution in [1.82, 2.24) is 0 Å². The van der Waals surface area contributed by atoms with Gasteiger partial charge in [0.05, 0.1) is 33.1 Å². The van der Waals surface area contributed by atoms with Crippen LogP contribution in [0.5, 0.6) is 0 Å². The van der Waals surface area contributed by atoms with Crippen molar-refractivity contribution < 1.29 is 0 Å². The van der Waals surface area contributed by atoms with Crippen LogP contribution in [0.1, 0.15) is 18.1 Å². The largest absolute Gasteiger partial charge is 0.278 e. The van der Waals surface area contributed by atoms with Crippen LogP contribution < -0.4 is 5.43 Å². The molecule has 0 aliphatic heterocycles. The van der Waals surface area contributed by atoms with Crippen LogP contribution in [-0.4, -0.2) is 5.71 Å². The Hall–Kier alpha value is -2.02. The molecule has 0 spiro atoms. The fourth-order valence-electron chi connectivity index (χ4n) is 1.56. The average molecular weight is 304 g/mol. The monoisotopic (exact) mass is 303 g/mol. The molecular formula is C15H11Cl2N3. The molecule has 0 saturated heterocycles. The lowest BCUT2D eigenvalue weighted by Crippen LogP contribution is -1.99. The van der Waals surface area contributed by atoms with Crippen molar-refractivity contribution in [3.63, 3.8) is 0 Å². The van der Waals surface area contributed by atoms with Gasteiger partial charge in [0, 0.05) is 0 Å². The van der Waals surface area contributed by atoms with Gasteiger partial charge in [-0.1, -0.05) is 35.3 Å². The van der Waals surface area contributed by atoms with E-state index in [9.17, 15) is 0 Å². The van der Waals surface area contributed by atoms with E-state index in [0.717, 1.165) is 17.0 Å². The number of nitrogens with zero attached hydrogens (tertiary/aromatic N) is 2. The third-order valence-electron chi connectivity index (χ3n) is 2.70. The fourth-order valence-corrected chi connectivity index (χ4v) is 1.86. The molecule has 0 saturated carbocycles. The number of hydrogen-bond acceptors (Lipinski definition) is 3. The molecule has 0 heterocycles. The van der Waals surface area contributed by atoms with Crippen molar-refractivity contribution in [1.29, 1.82) is 5.26 Å². The summed E-state index contributed by atoms with van der Waals surface area (Å²) in [6.45, 7) is 1.88. The molecule has 0 unspecified atom stereocenters. The van der Waals surface area contributed by atoms with E-state index >= 15 is 0 Å². The van der Waals surface area contributed by atoms with E-state index in [2.05, 4.69) is 16.6 Å². The van der Waals surface area contributed by atoms with Crippen LogP contribution in [0.25, 0.3) is 0 Å². The quantitative estimate of drug-likeness (QED) is 0.660. The molecule has 0 atom stereocenters. The molecule has 0 aliphatic carbocycles. The van der Waals surface area contributed by atoms with Gasteiger partial charge in [-0.15, -0.1) is 0 Å². The van der Waals surface area contributed by atoms with E-state index in [1.807, 2.05) is 19.1 Å². The number of nitriles is 1. The molecule has 100 valence electrons. The molecule has 0 radical (unpaired) electrons. The maximum absolute atomic E-state index is 8.75. The summed E-state index contributed by atoms with van der Waals surface area (Å²) in [4.78, 5) is 0. The van der Waals surface area contributed by atoms with Gasteiger partial charge in [0.2, 0.25) is 0 Å². The first-order chi connectivity index (χ1) is 9.60. The molecule has 0 fully saturated rings. The summed E-state index contributed by atoms with van der Waals surface area (Å²) in [6.07, 6.45) is 0. The molecule has 0 amide bonds. The number of halogens is 2. The van der Waals surface area contributed by atoms with Crippen LogP contribution in [0.3, 0.4) is 0 Å². The second kappa shape index (κ2) is 6.42. The van der Waals surface area contributed by atoms with Gasteiger partial charge in [0.1, 0.15) is 0 Å². The maximum Gasteiger partial charge on any atom is 0.0991 e. The van der Waals surface area contributed by atoms with E-state index in [-0.39, 0.29) is 0 Å². The number of hydrogen-bond donors (Lipinski definition) is 1. The van der Waals surface area contributed by atoms with Crippen molar-refractivity contribution in [3.05, 3.63) is 63.6 Å². The van der Waals surface area contributed by atoms with Gasteiger partial charge in [0.15, 0.2) is 0 Å². The molecule has 20 heavy (non-hydrogen) atoms. The van der Waals surface area contributed by atoms with Crippen molar-refractivity contribution in [2.75, 3.05) is 5.43 Å². The summed E-state index contributed by atoms with van der Waals surface area (Å²) >= 11 is 11.8. The standard InChI is InChI=1S/C15H11Cl2N3/c1-10(12-4-2-11(9-18)3-5-12)19-20-13-6-7-14(16)15(17)8-13/h2-8,20H,1H3. The number of nitrogens with one attached hydrogen (secondary N) is 1. The number of anilines is 1. The molecule has 0 bridgehead atoms. The zero-order valence-corrected chi connectivity index (χ0v) is 12.2. The molecule has 3 nitrogen and oxygen atoms in total. The number of hydrazone groups is 1. The highest BCUT2D eigenvalue weighted by molar-refractivity contribution is 6.42. The minimum absolute atomic E-state index is 0.475. The highest BCUT2D eigenvalue weighted by Gasteiger charge is 2.00. The van der Waals surface area contributed by atoms with Gasteiger partial charge >= 0.3 is 0 Å². The predicted octanol–water partition coefficient (Wildman–Crippen LogP) is 4.70. The minimum Gasteiger partial charge on any atom is -0.278 e. The second-order valence-electron chi connectivity index (χ2n) is 4.13.